The molecule has 4 heterocycles. The van der Waals surface area contributed by atoms with E-state index >= 15 is 0 Å². The van der Waals surface area contributed by atoms with E-state index in [0.717, 1.165) is 39.3 Å². The molecule has 1 aliphatic heterocycles. The lowest BCUT2D eigenvalue weighted by Gasteiger charge is -2.30. The summed E-state index contributed by atoms with van der Waals surface area (Å²) in [6.07, 6.45) is 4.68. The van der Waals surface area contributed by atoms with E-state index in [4.69, 9.17) is 20.4 Å². The average molecular weight is 517 g/mol. The molecule has 1 amide bonds. The van der Waals surface area contributed by atoms with Crippen molar-refractivity contribution in [3.63, 3.8) is 0 Å². The lowest BCUT2D eigenvalue weighted by Crippen LogP contribution is -2.39. The number of anilines is 1. The minimum Gasteiger partial charge on any atom is -0.444 e. The molecule has 4 aromatic rings. The van der Waals surface area contributed by atoms with Crippen molar-refractivity contribution >= 4 is 33.5 Å². The van der Waals surface area contributed by atoms with Crippen LogP contribution in [0.25, 0.3) is 21.6 Å². The van der Waals surface area contributed by atoms with Crippen LogP contribution in [0.4, 0.5) is 10.6 Å². The van der Waals surface area contributed by atoms with E-state index in [2.05, 4.69) is 22.4 Å². The van der Waals surface area contributed by atoms with Crippen LogP contribution in [0.3, 0.4) is 0 Å². The molecule has 0 radical (unpaired) electrons. The van der Waals surface area contributed by atoms with E-state index in [1.54, 1.807) is 28.6 Å². The van der Waals surface area contributed by atoms with E-state index in [-0.39, 0.29) is 12.1 Å². The summed E-state index contributed by atoms with van der Waals surface area (Å²) in [6, 6.07) is 14.0. The number of rotatable bonds is 6. The van der Waals surface area contributed by atoms with Gasteiger partial charge in [0.1, 0.15) is 16.2 Å². The third kappa shape index (κ3) is 5.89. The van der Waals surface area contributed by atoms with Crippen molar-refractivity contribution in [1.82, 2.24) is 19.9 Å². The van der Waals surface area contributed by atoms with Gasteiger partial charge in [-0.1, -0.05) is 30.3 Å². The average Bonchev–Trinajstić information content (AvgIpc) is 3.25. The molecule has 0 bridgehead atoms. The molecule has 3 N–H and O–H groups in total. The first-order valence-corrected chi connectivity index (χ1v) is 13.3. The first-order chi connectivity index (χ1) is 17.8. The fraction of sp³-hybridized carbons (Fsp3) is 0.357. The minimum absolute atomic E-state index is 0.0751. The topological polar surface area (TPSA) is 106 Å². The highest BCUT2D eigenvalue weighted by Crippen LogP contribution is 2.39. The van der Waals surface area contributed by atoms with Crippen LogP contribution in [0.2, 0.25) is 0 Å². The van der Waals surface area contributed by atoms with Gasteiger partial charge in [0.05, 0.1) is 11.9 Å². The number of hydrogen-bond acceptors (Lipinski definition) is 8. The molecule has 9 heteroatoms. The highest BCUT2D eigenvalue weighted by Gasteiger charge is 2.29. The molecule has 37 heavy (non-hydrogen) atoms. The summed E-state index contributed by atoms with van der Waals surface area (Å²) < 4.78 is 5.61. The largest absolute Gasteiger partial charge is 0.444 e. The third-order valence-electron chi connectivity index (χ3n) is 6.16. The molecular formula is C28H32N6O2S. The molecule has 1 atom stereocenters. The van der Waals surface area contributed by atoms with Crippen molar-refractivity contribution in [2.75, 3.05) is 18.4 Å². The Bertz CT molecular complexity index is 1380. The molecule has 0 saturated heterocycles. The van der Waals surface area contributed by atoms with Crippen LogP contribution in [0.1, 0.15) is 36.8 Å². The SMILES string of the molecule is CC(C)(C)OC(=O)N1CCc2c(sc3nc(-c4ccncc4)nc(NC[C@@H](N)Cc4ccccc4)c23)C1. The number of fused-ring (bicyclic) bond motifs is 3. The van der Waals surface area contributed by atoms with E-state index < -0.39 is 5.60 Å². The van der Waals surface area contributed by atoms with Crippen molar-refractivity contribution in [1.29, 1.82) is 0 Å². The monoisotopic (exact) mass is 516 g/mol. The van der Waals surface area contributed by atoms with Gasteiger partial charge in [0.2, 0.25) is 0 Å². The summed E-state index contributed by atoms with van der Waals surface area (Å²) in [6.45, 7) is 7.32. The standard InChI is InChI=1S/C28H32N6O2S/c1-28(2,3)36-27(35)34-14-11-21-22(17-34)37-26-23(21)25(32-24(33-26)19-9-12-30-13-10-19)31-16-20(29)15-18-7-5-4-6-8-18/h4-10,12-13,20H,11,14-17,29H2,1-3H3,(H,31,32,33)/t20-/m0/s1. The molecule has 0 fully saturated rings. The van der Waals surface area contributed by atoms with Crippen LogP contribution in [0.15, 0.2) is 54.9 Å². The first kappa shape index (κ1) is 25.1. The first-order valence-electron chi connectivity index (χ1n) is 12.5. The van der Waals surface area contributed by atoms with Gasteiger partial charge in [-0.15, -0.1) is 11.3 Å². The Kier molecular flexibility index (Phi) is 7.08. The molecule has 3 aromatic heterocycles. The molecule has 8 nitrogen and oxygen atoms in total. The smallest absolute Gasteiger partial charge is 0.410 e. The Labute approximate surface area is 220 Å². The maximum absolute atomic E-state index is 12.7. The van der Waals surface area contributed by atoms with E-state index in [1.807, 2.05) is 51.1 Å². The Morgan fingerprint density at radius 1 is 1.16 bits per heavy atom. The molecule has 5 rings (SSSR count). The number of nitrogens with two attached hydrogens (primary N) is 1. The van der Waals surface area contributed by atoms with Crippen molar-refractivity contribution in [3.05, 3.63) is 70.9 Å². The van der Waals surface area contributed by atoms with Crippen LogP contribution in [-0.2, 0) is 24.1 Å². The zero-order valence-electron chi connectivity index (χ0n) is 21.4. The van der Waals surface area contributed by atoms with Crippen molar-refractivity contribution in [2.24, 2.45) is 5.73 Å². The summed E-state index contributed by atoms with van der Waals surface area (Å²) in [5, 5.41) is 4.55. The summed E-state index contributed by atoms with van der Waals surface area (Å²) in [7, 11) is 0. The Morgan fingerprint density at radius 3 is 2.65 bits per heavy atom. The van der Waals surface area contributed by atoms with Crippen LogP contribution in [0.5, 0.6) is 0 Å². The van der Waals surface area contributed by atoms with Crippen LogP contribution < -0.4 is 11.1 Å². The maximum atomic E-state index is 12.7. The van der Waals surface area contributed by atoms with Gasteiger partial charge in [-0.3, -0.25) is 4.98 Å². The fourth-order valence-corrected chi connectivity index (χ4v) is 5.69. The number of nitrogens with zero attached hydrogens (tertiary/aromatic N) is 4. The molecule has 0 spiro atoms. The molecule has 0 saturated carbocycles. The molecule has 1 aliphatic rings. The number of hydrogen-bond donors (Lipinski definition) is 2. The van der Waals surface area contributed by atoms with Gasteiger partial charge >= 0.3 is 6.09 Å². The molecular weight excluding hydrogens is 484 g/mol. The number of ether oxygens (including phenoxy) is 1. The van der Waals surface area contributed by atoms with Gasteiger partial charge in [0, 0.05) is 42.0 Å². The summed E-state index contributed by atoms with van der Waals surface area (Å²) in [5.74, 6) is 1.42. The van der Waals surface area contributed by atoms with Crippen molar-refractivity contribution in [2.45, 2.75) is 51.8 Å². The summed E-state index contributed by atoms with van der Waals surface area (Å²) >= 11 is 1.61. The highest BCUT2D eigenvalue weighted by molar-refractivity contribution is 7.19. The number of aromatic nitrogens is 3. The van der Waals surface area contributed by atoms with Gasteiger partial charge in [0.25, 0.3) is 0 Å². The zero-order chi connectivity index (χ0) is 26.0. The number of carbonyl (C=O) groups excluding carboxylic acids is 1. The van der Waals surface area contributed by atoms with Gasteiger partial charge in [-0.05, 0) is 56.9 Å². The Hall–Kier alpha value is -3.56. The molecule has 1 aromatic carbocycles. The van der Waals surface area contributed by atoms with Crippen molar-refractivity contribution < 1.29 is 9.53 Å². The van der Waals surface area contributed by atoms with E-state index in [9.17, 15) is 4.79 Å². The van der Waals surface area contributed by atoms with Gasteiger partial charge in [-0.2, -0.15) is 0 Å². The predicted molar refractivity (Wildman–Crippen MR) is 148 cm³/mol. The number of nitrogens with one attached hydrogen (secondary N) is 1. The Balaban J connectivity index is 1.45. The van der Waals surface area contributed by atoms with Gasteiger partial charge in [0.15, 0.2) is 5.82 Å². The van der Waals surface area contributed by atoms with Crippen molar-refractivity contribution in [3.8, 4) is 11.4 Å². The molecule has 0 aliphatic carbocycles. The number of thiophene rings is 1. The lowest BCUT2D eigenvalue weighted by molar-refractivity contribution is 0.0227. The second-order valence-corrected chi connectivity index (χ2v) is 11.4. The van der Waals surface area contributed by atoms with E-state index in [0.29, 0.717) is 25.5 Å². The summed E-state index contributed by atoms with van der Waals surface area (Å²) in [5.41, 5.74) is 9.26. The van der Waals surface area contributed by atoms with Crippen LogP contribution in [-0.4, -0.2) is 50.7 Å². The number of carbonyl (C=O) groups is 1. The number of benzene rings is 1. The quantitative estimate of drug-likeness (QED) is 0.370. The normalized spacial score (nSPS) is 14.3. The fourth-order valence-electron chi connectivity index (χ4n) is 4.45. The van der Waals surface area contributed by atoms with Crippen LogP contribution >= 0.6 is 11.3 Å². The maximum Gasteiger partial charge on any atom is 0.410 e. The third-order valence-corrected chi connectivity index (χ3v) is 7.27. The van der Waals surface area contributed by atoms with Gasteiger partial charge in [-0.25, -0.2) is 14.8 Å². The second-order valence-electron chi connectivity index (χ2n) is 10.3. The van der Waals surface area contributed by atoms with Crippen LogP contribution in [0, 0.1) is 0 Å². The van der Waals surface area contributed by atoms with Gasteiger partial charge < -0.3 is 20.7 Å². The predicted octanol–water partition coefficient (Wildman–Crippen LogP) is 5.03. The number of amides is 1. The Morgan fingerprint density at radius 2 is 1.92 bits per heavy atom. The second kappa shape index (κ2) is 10.4. The number of pyridine rings is 1. The highest BCUT2D eigenvalue weighted by atomic mass is 32.1. The molecule has 0 unspecified atom stereocenters. The summed E-state index contributed by atoms with van der Waals surface area (Å²) in [4.78, 5) is 30.5. The molecule has 192 valence electrons. The minimum atomic E-state index is -0.530. The lowest BCUT2D eigenvalue weighted by atomic mass is 10.0. The van der Waals surface area contributed by atoms with E-state index in [1.165, 1.54) is 11.1 Å². The zero-order valence-corrected chi connectivity index (χ0v) is 22.2.